The van der Waals surface area contributed by atoms with Gasteiger partial charge in [-0.3, -0.25) is 14.9 Å². The second-order valence-electron chi connectivity index (χ2n) is 7.53. The largest absolute Gasteiger partial charge is 0.493 e. The van der Waals surface area contributed by atoms with Crippen LogP contribution in [0.4, 0.5) is 14.9 Å². The molecule has 1 heterocycles. The van der Waals surface area contributed by atoms with Crippen LogP contribution < -0.4 is 19.7 Å². The first-order valence-electron chi connectivity index (χ1n) is 10.5. The number of benzene rings is 3. The van der Waals surface area contributed by atoms with E-state index in [2.05, 4.69) is 11.4 Å². The van der Waals surface area contributed by atoms with Crippen molar-refractivity contribution < 1.29 is 28.2 Å². The number of hydrogen-bond acceptors (Lipinski definition) is 6. The van der Waals surface area contributed by atoms with Gasteiger partial charge in [0.2, 0.25) is 0 Å². The highest BCUT2D eigenvalue weighted by atomic mass is 127. The molecule has 4 amide bonds. The van der Waals surface area contributed by atoms with Gasteiger partial charge >= 0.3 is 6.03 Å². The van der Waals surface area contributed by atoms with Crippen molar-refractivity contribution in [3.05, 3.63) is 92.3 Å². The molecule has 0 unspecified atom stereocenters. The van der Waals surface area contributed by atoms with Crippen LogP contribution in [0.2, 0.25) is 0 Å². The van der Waals surface area contributed by atoms with Gasteiger partial charge < -0.3 is 9.47 Å². The third-order valence-corrected chi connectivity index (χ3v) is 6.04. The number of urea groups is 1. The van der Waals surface area contributed by atoms with Crippen LogP contribution in [-0.4, -0.2) is 25.0 Å². The Kier molecular flexibility index (Phi) is 7.30. The number of halogens is 2. The molecule has 3 aromatic rings. The molecule has 10 heteroatoms. The fraction of sp³-hybridized carbons (Fsp3) is 0.0769. The molecule has 1 saturated heterocycles. The molecule has 1 aliphatic rings. The van der Waals surface area contributed by atoms with Crippen LogP contribution in [0.1, 0.15) is 16.7 Å². The van der Waals surface area contributed by atoms with Gasteiger partial charge in [0.1, 0.15) is 18.0 Å². The van der Waals surface area contributed by atoms with E-state index in [4.69, 9.17) is 9.47 Å². The number of imide groups is 2. The Labute approximate surface area is 219 Å². The average molecular weight is 597 g/mol. The summed E-state index contributed by atoms with van der Waals surface area (Å²) < 4.78 is 25.7. The summed E-state index contributed by atoms with van der Waals surface area (Å²) in [7, 11) is 1.45. The van der Waals surface area contributed by atoms with Gasteiger partial charge in [-0.05, 0) is 70.6 Å². The summed E-state index contributed by atoms with van der Waals surface area (Å²) >= 11 is 2.03. The number of amides is 4. The Morgan fingerprint density at radius 1 is 1.11 bits per heavy atom. The molecule has 0 radical (unpaired) electrons. The van der Waals surface area contributed by atoms with Crippen molar-refractivity contribution in [2.45, 2.75) is 6.61 Å². The lowest BCUT2D eigenvalue weighted by atomic mass is 10.1. The second kappa shape index (κ2) is 10.6. The van der Waals surface area contributed by atoms with Gasteiger partial charge in [0.05, 0.1) is 28.0 Å². The molecule has 0 atom stereocenters. The summed E-state index contributed by atoms with van der Waals surface area (Å²) in [5.74, 6) is -1.64. The Morgan fingerprint density at radius 3 is 2.61 bits per heavy atom. The molecular formula is C26H17FIN3O5. The maximum atomic E-state index is 13.7. The molecule has 0 spiro atoms. The lowest BCUT2D eigenvalue weighted by molar-refractivity contribution is -0.122. The average Bonchev–Trinajstić information content (AvgIpc) is 2.85. The highest BCUT2D eigenvalue weighted by Crippen LogP contribution is 2.36. The second-order valence-corrected chi connectivity index (χ2v) is 8.69. The molecule has 4 rings (SSSR count). The molecule has 0 aliphatic carbocycles. The number of hydrogen-bond donors (Lipinski definition) is 1. The molecule has 1 aliphatic heterocycles. The number of carbonyl (C=O) groups excluding carboxylic acids is 3. The summed E-state index contributed by atoms with van der Waals surface area (Å²) in [6.07, 6.45) is 1.32. The lowest BCUT2D eigenvalue weighted by Gasteiger charge is -2.26. The molecule has 0 bridgehead atoms. The number of carbonyl (C=O) groups is 3. The Balaban J connectivity index is 1.65. The van der Waals surface area contributed by atoms with Gasteiger partial charge in [0.15, 0.2) is 11.5 Å². The number of methoxy groups -OCH3 is 1. The highest BCUT2D eigenvalue weighted by Gasteiger charge is 2.37. The zero-order valence-electron chi connectivity index (χ0n) is 18.7. The van der Waals surface area contributed by atoms with Crippen molar-refractivity contribution in [1.82, 2.24) is 5.32 Å². The van der Waals surface area contributed by atoms with E-state index in [1.165, 1.54) is 31.4 Å². The molecule has 0 saturated carbocycles. The van der Waals surface area contributed by atoms with E-state index < -0.39 is 23.7 Å². The topological polar surface area (TPSA) is 109 Å². The van der Waals surface area contributed by atoms with Crippen LogP contribution in [0.3, 0.4) is 0 Å². The maximum Gasteiger partial charge on any atom is 0.335 e. The van der Waals surface area contributed by atoms with Crippen molar-refractivity contribution in [2.75, 3.05) is 12.0 Å². The zero-order chi connectivity index (χ0) is 25.8. The minimum absolute atomic E-state index is 0.00976. The number of nitrogens with zero attached hydrogens (tertiary/aromatic N) is 2. The number of anilines is 1. The first-order valence-corrected chi connectivity index (χ1v) is 11.6. The van der Waals surface area contributed by atoms with Gasteiger partial charge in [0, 0.05) is 5.56 Å². The number of barbiturate groups is 1. The van der Waals surface area contributed by atoms with Crippen LogP contribution >= 0.6 is 22.6 Å². The Morgan fingerprint density at radius 2 is 1.89 bits per heavy atom. The third kappa shape index (κ3) is 5.06. The fourth-order valence-electron chi connectivity index (χ4n) is 3.54. The van der Waals surface area contributed by atoms with E-state index in [1.807, 2.05) is 22.6 Å². The summed E-state index contributed by atoms with van der Waals surface area (Å²) in [6.45, 7) is 0.127. The summed E-state index contributed by atoms with van der Waals surface area (Å²) in [5, 5.41) is 11.4. The molecule has 36 heavy (non-hydrogen) atoms. The monoisotopic (exact) mass is 597 g/mol. The summed E-state index contributed by atoms with van der Waals surface area (Å²) in [6, 6.07) is 16.4. The van der Waals surface area contributed by atoms with Crippen molar-refractivity contribution in [3.8, 4) is 17.6 Å². The Hall–Kier alpha value is -4.24. The molecular weight excluding hydrogens is 580 g/mol. The minimum atomic E-state index is -0.971. The normalized spacial score (nSPS) is 14.4. The smallest absolute Gasteiger partial charge is 0.335 e. The zero-order valence-corrected chi connectivity index (χ0v) is 20.9. The van der Waals surface area contributed by atoms with Crippen LogP contribution in [0.5, 0.6) is 11.5 Å². The van der Waals surface area contributed by atoms with Gasteiger partial charge in [-0.1, -0.05) is 24.3 Å². The van der Waals surface area contributed by atoms with Crippen LogP contribution in [0.25, 0.3) is 6.08 Å². The van der Waals surface area contributed by atoms with Gasteiger partial charge in [0.25, 0.3) is 11.8 Å². The lowest BCUT2D eigenvalue weighted by Crippen LogP contribution is -2.54. The number of ether oxygens (including phenoxy) is 2. The van der Waals surface area contributed by atoms with Gasteiger partial charge in [-0.2, -0.15) is 5.26 Å². The van der Waals surface area contributed by atoms with E-state index in [9.17, 15) is 24.0 Å². The van der Waals surface area contributed by atoms with E-state index in [-0.39, 0.29) is 17.9 Å². The van der Waals surface area contributed by atoms with Crippen molar-refractivity contribution in [2.24, 2.45) is 0 Å². The van der Waals surface area contributed by atoms with Gasteiger partial charge in [-0.25, -0.2) is 14.1 Å². The third-order valence-electron chi connectivity index (χ3n) is 5.24. The van der Waals surface area contributed by atoms with E-state index in [0.29, 0.717) is 36.7 Å². The predicted molar refractivity (Wildman–Crippen MR) is 137 cm³/mol. The number of nitriles is 1. The number of nitrogens with one attached hydrogen (secondary N) is 1. The fourth-order valence-corrected chi connectivity index (χ4v) is 4.32. The van der Waals surface area contributed by atoms with Gasteiger partial charge in [-0.15, -0.1) is 0 Å². The maximum absolute atomic E-state index is 13.7. The van der Waals surface area contributed by atoms with Crippen molar-refractivity contribution >= 4 is 52.2 Å². The van der Waals surface area contributed by atoms with E-state index in [1.54, 1.807) is 36.4 Å². The van der Waals surface area contributed by atoms with E-state index in [0.717, 1.165) is 6.07 Å². The summed E-state index contributed by atoms with van der Waals surface area (Å²) in [4.78, 5) is 38.6. The molecule has 0 aromatic heterocycles. The molecule has 8 nitrogen and oxygen atoms in total. The van der Waals surface area contributed by atoms with Crippen molar-refractivity contribution in [1.29, 1.82) is 5.26 Å². The highest BCUT2D eigenvalue weighted by molar-refractivity contribution is 14.1. The first kappa shape index (κ1) is 24.9. The minimum Gasteiger partial charge on any atom is -0.493 e. The molecule has 180 valence electrons. The molecule has 1 N–H and O–H groups in total. The molecule has 3 aromatic carbocycles. The predicted octanol–water partition coefficient (Wildman–Crippen LogP) is 4.56. The van der Waals surface area contributed by atoms with Crippen molar-refractivity contribution in [3.63, 3.8) is 0 Å². The number of rotatable bonds is 6. The summed E-state index contributed by atoms with van der Waals surface area (Å²) in [5.41, 5.74) is 1.31. The van der Waals surface area contributed by atoms with Crippen LogP contribution in [0, 0.1) is 20.7 Å². The standard InChI is InChI=1S/C26H17FIN3O5/c1-35-22-11-15(10-21(28)23(22)36-14-17-6-3-2-5-16(17)13-29)9-20-24(32)30-26(34)31(25(20)33)19-8-4-7-18(27)12-19/h2-12H,14H2,1H3,(H,30,32,34)/b20-9+. The Bertz CT molecular complexity index is 1460. The van der Waals surface area contributed by atoms with Crippen LogP contribution in [0.15, 0.2) is 66.2 Å². The van der Waals surface area contributed by atoms with Crippen LogP contribution in [-0.2, 0) is 16.2 Å². The van der Waals surface area contributed by atoms with E-state index >= 15 is 0 Å². The SMILES string of the molecule is COc1cc(/C=C2\C(=O)NC(=O)N(c3cccc(F)c3)C2=O)cc(I)c1OCc1ccccc1C#N. The quantitative estimate of drug-likeness (QED) is 0.254. The molecule has 1 fully saturated rings. The first-order chi connectivity index (χ1) is 17.3.